The summed E-state index contributed by atoms with van der Waals surface area (Å²) in [5, 5.41) is 8.96. The molecule has 18 heavy (non-hydrogen) atoms. The molecule has 5 nitrogen and oxygen atoms in total. The van der Waals surface area contributed by atoms with E-state index >= 15 is 0 Å². The normalized spacial score (nSPS) is 14.7. The molecular weight excluding hydrogens is 230 g/mol. The highest BCUT2D eigenvalue weighted by Gasteiger charge is 2.30. The molecule has 0 atom stereocenters. The van der Waals surface area contributed by atoms with Crippen LogP contribution >= 0.6 is 0 Å². The minimum Gasteiger partial charge on any atom is -0.467 e. The number of aromatic nitrogens is 2. The maximum Gasteiger partial charge on any atom is 0.147 e. The molecule has 1 fully saturated rings. The second-order valence-electron chi connectivity index (χ2n) is 4.46. The molecule has 0 spiro atoms. The van der Waals surface area contributed by atoms with E-state index in [9.17, 15) is 0 Å². The van der Waals surface area contributed by atoms with Crippen molar-refractivity contribution in [2.24, 2.45) is 0 Å². The van der Waals surface area contributed by atoms with Crippen LogP contribution in [0.3, 0.4) is 0 Å². The number of aliphatic hydroxyl groups excluding tert-OH is 1. The monoisotopic (exact) mass is 245 g/mol. The lowest BCUT2D eigenvalue weighted by Crippen LogP contribution is -2.26. The smallest absolute Gasteiger partial charge is 0.147 e. The second-order valence-corrected chi connectivity index (χ2v) is 4.46. The van der Waals surface area contributed by atoms with Crippen molar-refractivity contribution in [3.63, 3.8) is 0 Å². The van der Waals surface area contributed by atoms with Gasteiger partial charge in [-0.3, -0.25) is 4.98 Å². The first kappa shape index (κ1) is 11.2. The molecule has 1 saturated carbocycles. The minimum atomic E-state index is -0.0745. The standard InChI is InChI=1S/C13H15N3O2/c17-9-10-6-15-13(7-14-10)16(11-3-4-11)8-12-2-1-5-18-12/h1-2,5-7,11,17H,3-4,8-9H2. The molecule has 2 heterocycles. The molecule has 1 N–H and O–H groups in total. The summed E-state index contributed by atoms with van der Waals surface area (Å²) < 4.78 is 5.38. The van der Waals surface area contributed by atoms with E-state index in [1.165, 1.54) is 12.8 Å². The van der Waals surface area contributed by atoms with Gasteiger partial charge in [0.25, 0.3) is 0 Å². The van der Waals surface area contributed by atoms with Gasteiger partial charge in [-0.1, -0.05) is 0 Å². The van der Waals surface area contributed by atoms with Gasteiger partial charge in [-0.25, -0.2) is 4.98 Å². The quantitative estimate of drug-likeness (QED) is 0.869. The molecule has 0 aromatic carbocycles. The average molecular weight is 245 g/mol. The van der Waals surface area contributed by atoms with E-state index in [0.29, 0.717) is 18.3 Å². The summed E-state index contributed by atoms with van der Waals surface area (Å²) >= 11 is 0. The third-order valence-electron chi connectivity index (χ3n) is 3.04. The Bertz CT molecular complexity index is 491. The van der Waals surface area contributed by atoms with E-state index in [0.717, 1.165) is 11.6 Å². The molecule has 0 aliphatic heterocycles. The summed E-state index contributed by atoms with van der Waals surface area (Å²) in [5.74, 6) is 1.76. The Balaban J connectivity index is 1.80. The molecule has 1 aliphatic carbocycles. The number of nitrogens with zero attached hydrogens (tertiary/aromatic N) is 3. The van der Waals surface area contributed by atoms with Gasteiger partial charge in [0.15, 0.2) is 0 Å². The van der Waals surface area contributed by atoms with Gasteiger partial charge in [0, 0.05) is 6.04 Å². The van der Waals surface area contributed by atoms with Crippen molar-refractivity contribution < 1.29 is 9.52 Å². The maximum absolute atomic E-state index is 8.96. The highest BCUT2D eigenvalue weighted by atomic mass is 16.3. The van der Waals surface area contributed by atoms with Gasteiger partial charge in [-0.05, 0) is 25.0 Å². The zero-order chi connectivity index (χ0) is 12.4. The topological polar surface area (TPSA) is 62.4 Å². The number of furan rings is 1. The summed E-state index contributed by atoms with van der Waals surface area (Å²) in [6.45, 7) is 0.639. The lowest BCUT2D eigenvalue weighted by Gasteiger charge is -2.21. The summed E-state index contributed by atoms with van der Waals surface area (Å²) in [5.41, 5.74) is 0.590. The molecule has 3 rings (SSSR count). The lowest BCUT2D eigenvalue weighted by atomic mass is 10.3. The van der Waals surface area contributed by atoms with Crippen LogP contribution in [0, 0.1) is 0 Å². The van der Waals surface area contributed by atoms with Crippen molar-refractivity contribution in [2.45, 2.75) is 32.0 Å². The summed E-state index contributed by atoms with van der Waals surface area (Å²) in [6.07, 6.45) is 7.38. The van der Waals surface area contributed by atoms with E-state index in [2.05, 4.69) is 14.9 Å². The molecule has 1 aliphatic rings. The van der Waals surface area contributed by atoms with Crippen molar-refractivity contribution >= 4 is 5.82 Å². The lowest BCUT2D eigenvalue weighted by molar-refractivity contribution is 0.276. The van der Waals surface area contributed by atoms with E-state index in [-0.39, 0.29) is 6.61 Å². The molecule has 5 heteroatoms. The number of rotatable bonds is 5. The van der Waals surface area contributed by atoms with Gasteiger partial charge in [0.1, 0.15) is 11.6 Å². The second kappa shape index (κ2) is 4.78. The van der Waals surface area contributed by atoms with Crippen LogP contribution < -0.4 is 4.90 Å². The fraction of sp³-hybridized carbons (Fsp3) is 0.385. The number of hydrogen-bond acceptors (Lipinski definition) is 5. The molecule has 94 valence electrons. The van der Waals surface area contributed by atoms with Crippen molar-refractivity contribution in [1.82, 2.24) is 9.97 Å². The van der Waals surface area contributed by atoms with Crippen LogP contribution in [0.4, 0.5) is 5.82 Å². The Kier molecular flexibility index (Phi) is 2.98. The molecule has 0 amide bonds. The van der Waals surface area contributed by atoms with Gasteiger partial charge < -0.3 is 14.4 Å². The van der Waals surface area contributed by atoms with E-state index in [1.54, 1.807) is 18.7 Å². The van der Waals surface area contributed by atoms with Gasteiger partial charge in [-0.2, -0.15) is 0 Å². The third kappa shape index (κ3) is 2.36. The van der Waals surface area contributed by atoms with Crippen LogP contribution in [0.1, 0.15) is 24.3 Å². The Morgan fingerprint density at radius 3 is 2.78 bits per heavy atom. The molecular formula is C13H15N3O2. The van der Waals surface area contributed by atoms with E-state index in [4.69, 9.17) is 9.52 Å². The zero-order valence-corrected chi connectivity index (χ0v) is 9.99. The molecule has 0 bridgehead atoms. The van der Waals surface area contributed by atoms with Crippen LogP contribution in [-0.2, 0) is 13.2 Å². The van der Waals surface area contributed by atoms with Crippen molar-refractivity contribution in [1.29, 1.82) is 0 Å². The van der Waals surface area contributed by atoms with Gasteiger partial charge >= 0.3 is 0 Å². The Labute approximate surface area is 105 Å². The molecule has 0 saturated heterocycles. The van der Waals surface area contributed by atoms with Gasteiger partial charge in [0.05, 0.1) is 37.5 Å². The Morgan fingerprint density at radius 2 is 2.22 bits per heavy atom. The summed E-state index contributed by atoms with van der Waals surface area (Å²) in [4.78, 5) is 10.7. The Hall–Kier alpha value is -1.88. The number of anilines is 1. The number of hydrogen-bond donors (Lipinski definition) is 1. The molecule has 0 unspecified atom stereocenters. The van der Waals surface area contributed by atoms with Crippen LogP contribution in [0.2, 0.25) is 0 Å². The predicted molar refractivity (Wildman–Crippen MR) is 65.9 cm³/mol. The Morgan fingerprint density at radius 1 is 1.33 bits per heavy atom. The van der Waals surface area contributed by atoms with Crippen LogP contribution in [0.25, 0.3) is 0 Å². The van der Waals surface area contributed by atoms with Gasteiger partial charge in [-0.15, -0.1) is 0 Å². The largest absolute Gasteiger partial charge is 0.467 e. The predicted octanol–water partition coefficient (Wildman–Crippen LogP) is 1.73. The molecule has 2 aromatic heterocycles. The highest BCUT2D eigenvalue weighted by molar-refractivity contribution is 5.39. The van der Waals surface area contributed by atoms with Crippen molar-refractivity contribution in [3.8, 4) is 0 Å². The average Bonchev–Trinajstić information content (AvgIpc) is 3.13. The van der Waals surface area contributed by atoms with Crippen LogP contribution in [0.5, 0.6) is 0 Å². The SMILES string of the molecule is OCc1cnc(N(Cc2ccco2)C2CC2)cn1. The zero-order valence-electron chi connectivity index (χ0n) is 9.99. The van der Waals surface area contributed by atoms with E-state index in [1.807, 2.05) is 12.1 Å². The maximum atomic E-state index is 8.96. The van der Waals surface area contributed by atoms with E-state index < -0.39 is 0 Å². The van der Waals surface area contributed by atoms with Crippen molar-refractivity contribution in [3.05, 3.63) is 42.2 Å². The first-order valence-corrected chi connectivity index (χ1v) is 6.07. The molecule has 0 radical (unpaired) electrons. The summed E-state index contributed by atoms with van der Waals surface area (Å²) in [6, 6.07) is 4.38. The highest BCUT2D eigenvalue weighted by Crippen LogP contribution is 2.31. The fourth-order valence-electron chi connectivity index (χ4n) is 1.93. The first-order valence-electron chi connectivity index (χ1n) is 6.07. The molecule has 2 aromatic rings. The number of aliphatic hydroxyl groups is 1. The van der Waals surface area contributed by atoms with Crippen molar-refractivity contribution in [2.75, 3.05) is 4.90 Å². The third-order valence-corrected chi connectivity index (χ3v) is 3.04. The van der Waals surface area contributed by atoms with Crippen LogP contribution in [-0.4, -0.2) is 21.1 Å². The minimum absolute atomic E-state index is 0.0745. The summed E-state index contributed by atoms with van der Waals surface area (Å²) in [7, 11) is 0. The first-order chi connectivity index (χ1) is 8.86. The van der Waals surface area contributed by atoms with Crippen LogP contribution in [0.15, 0.2) is 35.2 Å². The fourth-order valence-corrected chi connectivity index (χ4v) is 1.93. The van der Waals surface area contributed by atoms with Gasteiger partial charge in [0.2, 0.25) is 0 Å².